The number of carbonyl (C=O) groups excluding carboxylic acids is 1. The van der Waals surface area contributed by atoms with Gasteiger partial charge in [0.05, 0.1) is 12.2 Å². The van der Waals surface area contributed by atoms with Gasteiger partial charge >= 0.3 is 11.9 Å². The first-order valence-corrected chi connectivity index (χ1v) is 6.71. The van der Waals surface area contributed by atoms with Gasteiger partial charge in [0.25, 0.3) is 0 Å². The molecule has 0 amide bonds. The van der Waals surface area contributed by atoms with Gasteiger partial charge in [-0.05, 0) is 27.2 Å². The maximum atomic E-state index is 11.4. The van der Waals surface area contributed by atoms with Crippen molar-refractivity contribution in [2.75, 3.05) is 13.2 Å². The molecule has 0 bridgehead atoms. The van der Waals surface area contributed by atoms with Gasteiger partial charge < -0.3 is 30.2 Å². The molecule has 124 valence electrons. The fourth-order valence-corrected chi connectivity index (χ4v) is 1.35. The van der Waals surface area contributed by atoms with Crippen LogP contribution in [0.15, 0.2) is 0 Å². The standard InChI is InChI=1S/C13H25NO7/c1-13(2,3)21-12(20-9(14)7-15)8-19-11(18)6-4-5-10(16)17/h9,12,15H,4-8,14H2,1-3H3,(H,16,17). The fraction of sp³-hybridized carbons (Fsp3) is 0.846. The summed E-state index contributed by atoms with van der Waals surface area (Å²) in [5.41, 5.74) is 4.91. The van der Waals surface area contributed by atoms with Crippen LogP contribution >= 0.6 is 0 Å². The third-order valence-corrected chi connectivity index (χ3v) is 2.14. The summed E-state index contributed by atoms with van der Waals surface area (Å²) in [7, 11) is 0. The number of hydrogen-bond donors (Lipinski definition) is 3. The molecule has 8 heteroatoms. The predicted molar refractivity (Wildman–Crippen MR) is 73.2 cm³/mol. The number of ether oxygens (including phenoxy) is 3. The molecular weight excluding hydrogens is 282 g/mol. The number of aliphatic hydroxyl groups excluding tert-OH is 1. The molecule has 2 unspecified atom stereocenters. The number of aliphatic hydroxyl groups is 1. The Morgan fingerprint density at radius 1 is 1.24 bits per heavy atom. The SMILES string of the molecule is CC(C)(C)OC(COC(=O)CCCC(=O)O)OC(N)CO. The van der Waals surface area contributed by atoms with Crippen molar-refractivity contribution in [3.05, 3.63) is 0 Å². The summed E-state index contributed by atoms with van der Waals surface area (Å²) in [5.74, 6) is -1.51. The molecule has 0 radical (unpaired) electrons. The number of carbonyl (C=O) groups is 2. The Morgan fingerprint density at radius 3 is 2.33 bits per heavy atom. The van der Waals surface area contributed by atoms with E-state index in [9.17, 15) is 9.59 Å². The molecule has 0 aromatic carbocycles. The van der Waals surface area contributed by atoms with Crippen LogP contribution in [0.5, 0.6) is 0 Å². The molecular formula is C13H25NO7. The average molecular weight is 307 g/mol. The first kappa shape index (κ1) is 19.8. The van der Waals surface area contributed by atoms with Gasteiger partial charge in [-0.25, -0.2) is 0 Å². The lowest BCUT2D eigenvalue weighted by atomic mass is 10.2. The molecule has 0 heterocycles. The lowest BCUT2D eigenvalue weighted by Gasteiger charge is -2.28. The van der Waals surface area contributed by atoms with Gasteiger partial charge in [0.15, 0.2) is 6.29 Å². The van der Waals surface area contributed by atoms with Crippen LogP contribution in [0.3, 0.4) is 0 Å². The number of rotatable bonds is 10. The molecule has 0 aromatic heterocycles. The van der Waals surface area contributed by atoms with Crippen LogP contribution in [0.4, 0.5) is 0 Å². The zero-order chi connectivity index (χ0) is 16.5. The Morgan fingerprint density at radius 2 is 1.86 bits per heavy atom. The summed E-state index contributed by atoms with van der Waals surface area (Å²) in [6.07, 6.45) is -1.74. The molecule has 0 aromatic rings. The molecule has 0 aliphatic heterocycles. The molecule has 0 aliphatic carbocycles. The van der Waals surface area contributed by atoms with Gasteiger partial charge in [-0.3, -0.25) is 9.59 Å². The highest BCUT2D eigenvalue weighted by molar-refractivity contribution is 5.71. The fourth-order valence-electron chi connectivity index (χ4n) is 1.35. The van der Waals surface area contributed by atoms with E-state index in [0.29, 0.717) is 0 Å². The van der Waals surface area contributed by atoms with Crippen LogP contribution < -0.4 is 5.73 Å². The number of carboxylic acids is 1. The van der Waals surface area contributed by atoms with Crippen molar-refractivity contribution in [3.8, 4) is 0 Å². The Labute approximate surface area is 124 Å². The van der Waals surface area contributed by atoms with E-state index in [1.165, 1.54) is 0 Å². The van der Waals surface area contributed by atoms with E-state index in [4.69, 9.17) is 30.2 Å². The van der Waals surface area contributed by atoms with E-state index in [1.807, 2.05) is 0 Å². The van der Waals surface area contributed by atoms with Crippen molar-refractivity contribution < 1.29 is 34.0 Å². The van der Waals surface area contributed by atoms with Crippen LogP contribution in [0.1, 0.15) is 40.0 Å². The lowest BCUT2D eigenvalue weighted by Crippen LogP contribution is -2.40. The molecule has 0 spiro atoms. The molecule has 0 rings (SSSR count). The van der Waals surface area contributed by atoms with Crippen molar-refractivity contribution >= 4 is 11.9 Å². The maximum Gasteiger partial charge on any atom is 0.305 e. The van der Waals surface area contributed by atoms with Crippen molar-refractivity contribution in [3.63, 3.8) is 0 Å². The maximum absolute atomic E-state index is 11.4. The molecule has 0 saturated heterocycles. The first-order chi connectivity index (χ1) is 9.64. The number of aliphatic carboxylic acids is 1. The van der Waals surface area contributed by atoms with Gasteiger partial charge in [0.1, 0.15) is 12.8 Å². The van der Waals surface area contributed by atoms with Gasteiger partial charge in [-0.1, -0.05) is 0 Å². The minimum absolute atomic E-state index is 0.000587. The van der Waals surface area contributed by atoms with E-state index in [0.717, 1.165) is 0 Å². The highest BCUT2D eigenvalue weighted by Crippen LogP contribution is 2.13. The normalized spacial score (nSPS) is 14.5. The second-order valence-electron chi connectivity index (χ2n) is 5.45. The topological polar surface area (TPSA) is 128 Å². The molecule has 21 heavy (non-hydrogen) atoms. The summed E-state index contributed by atoms with van der Waals surface area (Å²) in [6.45, 7) is 4.81. The van der Waals surface area contributed by atoms with Crippen molar-refractivity contribution in [2.45, 2.75) is 58.2 Å². The molecule has 0 fully saturated rings. The largest absolute Gasteiger partial charge is 0.481 e. The van der Waals surface area contributed by atoms with Crippen LogP contribution in [0.2, 0.25) is 0 Å². The van der Waals surface area contributed by atoms with E-state index in [1.54, 1.807) is 20.8 Å². The summed E-state index contributed by atoms with van der Waals surface area (Å²) in [4.78, 5) is 21.8. The monoisotopic (exact) mass is 307 g/mol. The predicted octanol–water partition coefficient (Wildman–Crippen LogP) is 0.219. The Hall–Kier alpha value is -1.22. The molecule has 0 saturated carbocycles. The van der Waals surface area contributed by atoms with Crippen LogP contribution in [-0.4, -0.2) is 53.5 Å². The van der Waals surface area contributed by atoms with Crippen LogP contribution in [0, 0.1) is 0 Å². The summed E-state index contributed by atoms with van der Waals surface area (Å²) in [5, 5.41) is 17.3. The highest BCUT2D eigenvalue weighted by atomic mass is 16.7. The second kappa shape index (κ2) is 9.67. The third-order valence-electron chi connectivity index (χ3n) is 2.14. The highest BCUT2D eigenvalue weighted by Gasteiger charge is 2.23. The Bertz CT molecular complexity index is 327. The molecule has 8 nitrogen and oxygen atoms in total. The second-order valence-corrected chi connectivity index (χ2v) is 5.45. The minimum atomic E-state index is -0.964. The molecule has 2 atom stereocenters. The summed E-state index contributed by atoms with van der Waals surface area (Å²) in [6, 6.07) is 0. The Balaban J connectivity index is 4.21. The smallest absolute Gasteiger partial charge is 0.305 e. The average Bonchev–Trinajstić information content (AvgIpc) is 2.33. The van der Waals surface area contributed by atoms with E-state index in [-0.39, 0.29) is 25.9 Å². The van der Waals surface area contributed by atoms with Crippen molar-refractivity contribution in [1.29, 1.82) is 0 Å². The van der Waals surface area contributed by atoms with Crippen LogP contribution in [-0.2, 0) is 23.8 Å². The van der Waals surface area contributed by atoms with E-state index >= 15 is 0 Å². The number of hydrogen-bond acceptors (Lipinski definition) is 7. The van der Waals surface area contributed by atoms with Crippen LogP contribution in [0.25, 0.3) is 0 Å². The number of nitrogens with two attached hydrogens (primary N) is 1. The quantitative estimate of drug-likeness (QED) is 0.386. The summed E-state index contributed by atoms with van der Waals surface area (Å²) < 4.78 is 15.7. The molecule has 4 N–H and O–H groups in total. The van der Waals surface area contributed by atoms with E-state index in [2.05, 4.69) is 0 Å². The molecule has 0 aliphatic rings. The zero-order valence-electron chi connectivity index (χ0n) is 12.7. The number of carboxylic acid groups (broad SMARTS) is 1. The van der Waals surface area contributed by atoms with Gasteiger partial charge in [0.2, 0.25) is 0 Å². The Kier molecular flexibility index (Phi) is 9.11. The number of esters is 1. The van der Waals surface area contributed by atoms with Crippen molar-refractivity contribution in [2.24, 2.45) is 5.73 Å². The van der Waals surface area contributed by atoms with E-state index < -0.39 is 36.7 Å². The first-order valence-electron chi connectivity index (χ1n) is 6.71. The van der Waals surface area contributed by atoms with Gasteiger partial charge in [-0.2, -0.15) is 0 Å². The minimum Gasteiger partial charge on any atom is -0.481 e. The summed E-state index contributed by atoms with van der Waals surface area (Å²) >= 11 is 0. The van der Waals surface area contributed by atoms with Crippen molar-refractivity contribution in [1.82, 2.24) is 0 Å². The third kappa shape index (κ3) is 12.2. The lowest BCUT2D eigenvalue weighted by molar-refractivity contribution is -0.237. The van der Waals surface area contributed by atoms with Gasteiger partial charge in [0, 0.05) is 12.8 Å². The zero-order valence-corrected chi connectivity index (χ0v) is 12.7. The van der Waals surface area contributed by atoms with Gasteiger partial charge in [-0.15, -0.1) is 0 Å².